The van der Waals surface area contributed by atoms with Gasteiger partial charge in [0.15, 0.2) is 0 Å². The molecule has 12 heteroatoms. The van der Waals surface area contributed by atoms with E-state index in [4.69, 9.17) is 4.74 Å². The topological polar surface area (TPSA) is 110 Å². The van der Waals surface area contributed by atoms with Gasteiger partial charge in [0.25, 0.3) is 15.9 Å². The zero-order valence-corrected chi connectivity index (χ0v) is 22.7. The van der Waals surface area contributed by atoms with Gasteiger partial charge in [0.2, 0.25) is 11.8 Å². The number of hydrogen-bond donors (Lipinski definition) is 2. The number of carbonyl (C=O) groups is 1. The van der Waals surface area contributed by atoms with E-state index in [2.05, 4.69) is 20.0 Å². The molecule has 0 radical (unpaired) electrons. The van der Waals surface area contributed by atoms with Crippen LogP contribution in [0.25, 0.3) is 11.3 Å². The van der Waals surface area contributed by atoms with Crippen molar-refractivity contribution in [1.82, 2.24) is 15.3 Å². The van der Waals surface area contributed by atoms with Gasteiger partial charge in [0, 0.05) is 11.1 Å². The second-order valence-corrected chi connectivity index (χ2v) is 11.7. The van der Waals surface area contributed by atoms with Gasteiger partial charge in [-0.1, -0.05) is 58.0 Å². The van der Waals surface area contributed by atoms with E-state index in [-0.39, 0.29) is 34.5 Å². The lowest BCUT2D eigenvalue weighted by Gasteiger charge is -2.23. The van der Waals surface area contributed by atoms with Crippen molar-refractivity contribution in [2.75, 3.05) is 11.3 Å². The Bertz CT molecular complexity index is 1490. The molecular formula is C27H29F3N4O4S. The summed E-state index contributed by atoms with van der Waals surface area (Å²) in [5.74, 6) is -2.10. The maximum Gasteiger partial charge on any atom is 0.423 e. The highest BCUT2D eigenvalue weighted by molar-refractivity contribution is 7.92. The summed E-state index contributed by atoms with van der Waals surface area (Å²) in [6.07, 6.45) is -4.55. The average Bonchev–Trinajstić information content (AvgIpc) is 2.85. The van der Waals surface area contributed by atoms with Crippen LogP contribution in [-0.4, -0.2) is 36.9 Å². The van der Waals surface area contributed by atoms with Gasteiger partial charge in [-0.3, -0.25) is 4.79 Å². The molecule has 39 heavy (non-hydrogen) atoms. The summed E-state index contributed by atoms with van der Waals surface area (Å²) >= 11 is 0. The van der Waals surface area contributed by atoms with Crippen LogP contribution in [0.1, 0.15) is 61.5 Å². The summed E-state index contributed by atoms with van der Waals surface area (Å²) in [7, 11) is -4.38. The van der Waals surface area contributed by atoms with Gasteiger partial charge < -0.3 is 10.1 Å². The lowest BCUT2D eigenvalue weighted by molar-refractivity contribution is -0.139. The fourth-order valence-electron chi connectivity index (χ4n) is 4.43. The predicted molar refractivity (Wildman–Crippen MR) is 140 cm³/mol. The molecule has 3 aromatic rings. The minimum Gasteiger partial charge on any atom is -0.475 e. The van der Waals surface area contributed by atoms with E-state index < -0.39 is 51.2 Å². The van der Waals surface area contributed by atoms with Crippen LogP contribution in [0.3, 0.4) is 0 Å². The van der Waals surface area contributed by atoms with Crippen molar-refractivity contribution in [2.24, 2.45) is 5.92 Å². The predicted octanol–water partition coefficient (Wildman–Crippen LogP) is 5.62. The Kier molecular flexibility index (Phi) is 7.87. The molecular weight excluding hydrogens is 533 g/mol. The van der Waals surface area contributed by atoms with Crippen LogP contribution in [-0.2, 0) is 16.2 Å². The third-order valence-electron chi connectivity index (χ3n) is 6.14. The molecule has 4 bridgehead atoms. The lowest BCUT2D eigenvalue weighted by atomic mass is 9.93. The summed E-state index contributed by atoms with van der Waals surface area (Å²) < 4.78 is 78.0. The number of amides is 1. The molecule has 1 atom stereocenters. The van der Waals surface area contributed by atoms with Gasteiger partial charge in [-0.05, 0) is 42.0 Å². The van der Waals surface area contributed by atoms with Crippen molar-refractivity contribution in [1.29, 1.82) is 0 Å². The number of nitrogens with one attached hydrogen (secondary N) is 2. The van der Waals surface area contributed by atoms with E-state index in [9.17, 15) is 26.4 Å². The van der Waals surface area contributed by atoms with Gasteiger partial charge in [-0.15, -0.1) is 0 Å². The number of hydrogen-bond acceptors (Lipinski definition) is 6. The second kappa shape index (κ2) is 10.8. The highest BCUT2D eigenvalue weighted by Gasteiger charge is 2.41. The number of rotatable bonds is 4. The van der Waals surface area contributed by atoms with Gasteiger partial charge in [0.1, 0.15) is 12.2 Å². The molecule has 1 aliphatic rings. The van der Waals surface area contributed by atoms with Crippen LogP contribution in [0.15, 0.2) is 53.4 Å². The highest BCUT2D eigenvalue weighted by Crippen LogP contribution is 2.43. The first-order valence-electron chi connectivity index (χ1n) is 12.4. The summed E-state index contributed by atoms with van der Waals surface area (Å²) in [6.45, 7) is 7.12. The molecule has 1 aliphatic heterocycles. The van der Waals surface area contributed by atoms with Crippen molar-refractivity contribution in [2.45, 2.75) is 57.1 Å². The van der Waals surface area contributed by atoms with Crippen molar-refractivity contribution >= 4 is 21.9 Å². The molecule has 1 amide bonds. The number of carbonyl (C=O) groups excluding carboxylic acids is 1. The smallest absolute Gasteiger partial charge is 0.423 e. The number of ether oxygens (including phenoxy) is 1. The number of nitrogens with zero attached hydrogens (tertiary/aromatic N) is 2. The zero-order chi connectivity index (χ0) is 28.5. The number of benzene rings is 2. The summed E-state index contributed by atoms with van der Waals surface area (Å²) in [4.78, 5) is 20.6. The molecule has 0 fully saturated rings. The Labute approximate surface area is 225 Å². The van der Waals surface area contributed by atoms with Crippen molar-refractivity contribution in [3.63, 3.8) is 0 Å². The van der Waals surface area contributed by atoms with E-state index in [0.717, 1.165) is 0 Å². The molecule has 208 valence electrons. The van der Waals surface area contributed by atoms with Crippen LogP contribution < -0.4 is 14.8 Å². The van der Waals surface area contributed by atoms with E-state index >= 15 is 0 Å². The molecule has 0 spiro atoms. The standard InChI is InChI=1S/C27H29F3N4O4S/c1-15(2)12-18-14-38-25-22(27(28,29)30)23(21-11-6-5-10-20(21)16(3)4)32-26(33-25)34-39(36,37)19-9-7-8-17(13-19)24(35)31-18/h5-11,13,15-16,18H,12,14H2,1-4H3,(H,31,35)(H,32,33,34)/t18-/m1/s1. The third-order valence-corrected chi connectivity index (χ3v) is 7.47. The van der Waals surface area contributed by atoms with E-state index in [1.807, 2.05) is 27.7 Å². The molecule has 0 saturated carbocycles. The molecule has 4 rings (SSSR count). The maximum atomic E-state index is 14.6. The van der Waals surface area contributed by atoms with E-state index in [1.165, 1.54) is 30.3 Å². The molecule has 1 aromatic heterocycles. The Morgan fingerprint density at radius 3 is 2.44 bits per heavy atom. The van der Waals surface area contributed by atoms with Crippen molar-refractivity contribution < 1.29 is 31.1 Å². The Morgan fingerprint density at radius 1 is 1.05 bits per heavy atom. The monoisotopic (exact) mass is 562 g/mol. The van der Waals surface area contributed by atoms with Crippen LogP contribution in [0, 0.1) is 5.92 Å². The van der Waals surface area contributed by atoms with Crippen LogP contribution in [0.5, 0.6) is 5.88 Å². The number of anilines is 1. The first kappa shape index (κ1) is 28.3. The van der Waals surface area contributed by atoms with E-state index in [1.54, 1.807) is 18.2 Å². The first-order valence-corrected chi connectivity index (χ1v) is 13.9. The molecule has 0 aliphatic carbocycles. The SMILES string of the molecule is CC(C)C[C@@H]1COc2nc(nc(-c3ccccc3C(C)C)c2C(F)(F)F)NS(=O)(=O)c2cccc(c2)C(=O)N1. The molecule has 2 heterocycles. The minimum atomic E-state index is -4.94. The van der Waals surface area contributed by atoms with Crippen LogP contribution >= 0.6 is 0 Å². The number of halogens is 3. The summed E-state index contributed by atoms with van der Waals surface area (Å²) in [6, 6.07) is 11.1. The Hall–Kier alpha value is -3.67. The zero-order valence-electron chi connectivity index (χ0n) is 21.8. The fraction of sp³-hybridized carbons (Fsp3) is 0.370. The number of fused-ring (bicyclic) bond motifs is 4. The quantitative estimate of drug-likeness (QED) is 0.427. The number of aromatic nitrogens is 2. The van der Waals surface area contributed by atoms with Gasteiger partial charge in [-0.2, -0.15) is 18.2 Å². The highest BCUT2D eigenvalue weighted by atomic mass is 32.2. The molecule has 8 nitrogen and oxygen atoms in total. The fourth-order valence-corrected chi connectivity index (χ4v) is 5.42. The van der Waals surface area contributed by atoms with Gasteiger partial charge in [-0.25, -0.2) is 18.1 Å². The van der Waals surface area contributed by atoms with Gasteiger partial charge in [0.05, 0.1) is 16.6 Å². The van der Waals surface area contributed by atoms with Crippen LogP contribution in [0.4, 0.5) is 19.1 Å². The van der Waals surface area contributed by atoms with Crippen molar-refractivity contribution in [3.8, 4) is 17.1 Å². The van der Waals surface area contributed by atoms with Crippen molar-refractivity contribution in [3.05, 3.63) is 65.2 Å². The van der Waals surface area contributed by atoms with E-state index in [0.29, 0.717) is 12.0 Å². The molecule has 2 aromatic carbocycles. The molecule has 0 unspecified atom stereocenters. The third kappa shape index (κ3) is 6.32. The molecule has 2 N–H and O–H groups in total. The second-order valence-electron chi connectivity index (χ2n) is 10.1. The molecule has 0 saturated heterocycles. The average molecular weight is 563 g/mol. The van der Waals surface area contributed by atoms with Gasteiger partial charge >= 0.3 is 6.18 Å². The Morgan fingerprint density at radius 2 is 1.77 bits per heavy atom. The first-order chi connectivity index (χ1) is 18.3. The maximum absolute atomic E-state index is 14.6. The lowest BCUT2D eigenvalue weighted by Crippen LogP contribution is -2.40. The summed E-state index contributed by atoms with van der Waals surface area (Å²) in [5.41, 5.74) is -0.921. The minimum absolute atomic E-state index is 0.0690. The number of sulfonamides is 1. The van der Waals surface area contributed by atoms with Crippen LogP contribution in [0.2, 0.25) is 0 Å². The summed E-state index contributed by atoms with van der Waals surface area (Å²) in [5, 5.41) is 2.76. The Balaban J connectivity index is 1.99. The largest absolute Gasteiger partial charge is 0.475 e. The normalized spacial score (nSPS) is 17.4. The number of alkyl halides is 3.